The highest BCUT2D eigenvalue weighted by molar-refractivity contribution is 6.32. The van der Waals surface area contributed by atoms with E-state index in [9.17, 15) is 4.79 Å². The lowest BCUT2D eigenvalue weighted by molar-refractivity contribution is -0.117. The number of methoxy groups -OCH3 is 1. The molecule has 1 aliphatic rings. The van der Waals surface area contributed by atoms with Crippen molar-refractivity contribution in [1.82, 2.24) is 5.32 Å². The van der Waals surface area contributed by atoms with Crippen LogP contribution in [0.3, 0.4) is 0 Å². The van der Waals surface area contributed by atoms with E-state index in [1.807, 2.05) is 12.1 Å². The molecule has 16 heavy (non-hydrogen) atoms. The van der Waals surface area contributed by atoms with Gasteiger partial charge in [-0.3, -0.25) is 10.1 Å². The lowest BCUT2D eigenvalue weighted by atomic mass is 10.1. The summed E-state index contributed by atoms with van der Waals surface area (Å²) in [5.41, 5.74) is 1.61. The summed E-state index contributed by atoms with van der Waals surface area (Å²) in [5.74, 6) is -0.0702. The molecule has 1 aromatic rings. The first-order chi connectivity index (χ1) is 7.74. The predicted octanol–water partition coefficient (Wildman–Crippen LogP) is 1.57. The van der Waals surface area contributed by atoms with Gasteiger partial charge in [0, 0.05) is 29.9 Å². The summed E-state index contributed by atoms with van der Waals surface area (Å²) >= 11 is 6.08. The second-order valence-electron chi connectivity index (χ2n) is 3.57. The van der Waals surface area contributed by atoms with Crippen molar-refractivity contribution in [2.24, 2.45) is 0 Å². The van der Waals surface area contributed by atoms with Gasteiger partial charge in [-0.2, -0.15) is 0 Å². The highest BCUT2D eigenvalue weighted by atomic mass is 35.5. The van der Waals surface area contributed by atoms with Crippen LogP contribution in [0.25, 0.3) is 0 Å². The second kappa shape index (κ2) is 4.82. The van der Waals surface area contributed by atoms with Crippen molar-refractivity contribution < 1.29 is 9.53 Å². The Morgan fingerprint density at radius 2 is 2.38 bits per heavy atom. The van der Waals surface area contributed by atoms with E-state index >= 15 is 0 Å². The normalized spacial score (nSPS) is 18.4. The fraction of sp³-hybridized carbons (Fsp3) is 0.364. The Balaban J connectivity index is 2.18. The molecule has 1 atom stereocenters. The standard InChI is InChI=1S/C11H13ClN2O2/c1-16-6-5-13-10-9-7(12)3-2-4-8(9)14-11(10)15/h2-4,10,13H,5-6H2,1H3,(H,14,15). The highest BCUT2D eigenvalue weighted by Gasteiger charge is 2.31. The lowest BCUT2D eigenvalue weighted by Gasteiger charge is -2.11. The molecule has 0 saturated carbocycles. The minimum absolute atomic E-state index is 0.0702. The number of hydrogen-bond acceptors (Lipinski definition) is 3. The number of halogens is 1. The first-order valence-electron chi connectivity index (χ1n) is 5.05. The third kappa shape index (κ3) is 2.04. The van der Waals surface area contributed by atoms with Crippen molar-refractivity contribution >= 4 is 23.2 Å². The van der Waals surface area contributed by atoms with E-state index in [-0.39, 0.29) is 11.9 Å². The first kappa shape index (κ1) is 11.4. The summed E-state index contributed by atoms with van der Waals surface area (Å²) in [4.78, 5) is 11.7. The van der Waals surface area contributed by atoms with Crippen molar-refractivity contribution in [2.75, 3.05) is 25.6 Å². The Labute approximate surface area is 98.9 Å². The quantitative estimate of drug-likeness (QED) is 0.786. The maximum atomic E-state index is 11.7. The number of carbonyl (C=O) groups excluding carboxylic acids is 1. The van der Waals surface area contributed by atoms with Gasteiger partial charge < -0.3 is 10.1 Å². The number of anilines is 1. The summed E-state index contributed by atoms with van der Waals surface area (Å²) < 4.78 is 4.93. The van der Waals surface area contributed by atoms with Gasteiger partial charge in [-0.25, -0.2) is 0 Å². The Hall–Kier alpha value is -1.10. The summed E-state index contributed by atoms with van der Waals surface area (Å²) in [5, 5.41) is 6.50. The van der Waals surface area contributed by atoms with Crippen molar-refractivity contribution in [2.45, 2.75) is 6.04 Å². The summed E-state index contributed by atoms with van der Waals surface area (Å²) in [6.07, 6.45) is 0. The van der Waals surface area contributed by atoms with Crippen LogP contribution in [0, 0.1) is 0 Å². The Morgan fingerprint density at radius 1 is 1.56 bits per heavy atom. The number of carbonyl (C=O) groups is 1. The van der Waals surface area contributed by atoms with Crippen LogP contribution in [0.15, 0.2) is 18.2 Å². The minimum Gasteiger partial charge on any atom is -0.383 e. The van der Waals surface area contributed by atoms with Gasteiger partial charge in [-0.05, 0) is 12.1 Å². The fourth-order valence-corrected chi connectivity index (χ4v) is 2.06. The van der Waals surface area contributed by atoms with Gasteiger partial charge in [0.25, 0.3) is 0 Å². The molecule has 0 aliphatic carbocycles. The summed E-state index contributed by atoms with van der Waals surface area (Å²) in [6.45, 7) is 1.17. The van der Waals surface area contributed by atoms with E-state index in [0.29, 0.717) is 18.2 Å². The van der Waals surface area contributed by atoms with Gasteiger partial charge in [-0.1, -0.05) is 17.7 Å². The minimum atomic E-state index is -0.376. The van der Waals surface area contributed by atoms with Gasteiger partial charge in [0.1, 0.15) is 6.04 Å². The maximum absolute atomic E-state index is 11.7. The second-order valence-corrected chi connectivity index (χ2v) is 3.98. The number of hydrogen-bond donors (Lipinski definition) is 2. The molecule has 0 saturated heterocycles. The molecule has 1 aliphatic heterocycles. The largest absolute Gasteiger partial charge is 0.383 e. The van der Waals surface area contributed by atoms with Crippen LogP contribution >= 0.6 is 11.6 Å². The predicted molar refractivity (Wildman–Crippen MR) is 62.7 cm³/mol. The van der Waals surface area contributed by atoms with Crippen LogP contribution in [0.5, 0.6) is 0 Å². The third-order valence-corrected chi connectivity index (χ3v) is 2.85. The average molecular weight is 241 g/mol. The number of benzene rings is 1. The zero-order valence-corrected chi connectivity index (χ0v) is 9.67. The molecule has 2 N–H and O–H groups in total. The highest BCUT2D eigenvalue weighted by Crippen LogP contribution is 2.35. The number of amides is 1. The monoisotopic (exact) mass is 240 g/mol. The zero-order chi connectivity index (χ0) is 11.5. The lowest BCUT2D eigenvalue weighted by Crippen LogP contribution is -2.30. The number of fused-ring (bicyclic) bond motifs is 1. The van der Waals surface area contributed by atoms with Crippen LogP contribution < -0.4 is 10.6 Å². The molecule has 0 bridgehead atoms. The molecule has 1 unspecified atom stereocenters. The molecule has 1 heterocycles. The van der Waals surface area contributed by atoms with Crippen molar-refractivity contribution in [1.29, 1.82) is 0 Å². The van der Waals surface area contributed by atoms with Gasteiger partial charge in [0.05, 0.1) is 6.61 Å². The molecule has 86 valence electrons. The molecule has 1 aromatic carbocycles. The molecule has 0 fully saturated rings. The van der Waals surface area contributed by atoms with Gasteiger partial charge in [0.2, 0.25) is 5.91 Å². The molecule has 0 spiro atoms. The Morgan fingerprint density at radius 3 is 3.12 bits per heavy atom. The van der Waals surface area contributed by atoms with Crippen molar-refractivity contribution in [3.05, 3.63) is 28.8 Å². The van der Waals surface area contributed by atoms with E-state index in [4.69, 9.17) is 16.3 Å². The SMILES string of the molecule is COCCNC1C(=O)Nc2cccc(Cl)c21. The molecule has 4 nitrogen and oxygen atoms in total. The van der Waals surface area contributed by atoms with Crippen LogP contribution in [-0.2, 0) is 9.53 Å². The van der Waals surface area contributed by atoms with Crippen molar-refractivity contribution in [3.63, 3.8) is 0 Å². The van der Waals surface area contributed by atoms with Crippen LogP contribution in [0.1, 0.15) is 11.6 Å². The first-order valence-corrected chi connectivity index (χ1v) is 5.43. The van der Waals surface area contributed by atoms with E-state index in [2.05, 4.69) is 10.6 Å². The molecule has 1 amide bonds. The topological polar surface area (TPSA) is 50.4 Å². The number of rotatable bonds is 4. The van der Waals surface area contributed by atoms with Gasteiger partial charge >= 0.3 is 0 Å². The molecule has 0 radical (unpaired) electrons. The Bertz CT molecular complexity index is 409. The molecule has 2 rings (SSSR count). The van der Waals surface area contributed by atoms with E-state index in [1.54, 1.807) is 13.2 Å². The molecular weight excluding hydrogens is 228 g/mol. The molecular formula is C11H13ClN2O2. The zero-order valence-electron chi connectivity index (χ0n) is 8.92. The van der Waals surface area contributed by atoms with Gasteiger partial charge in [-0.15, -0.1) is 0 Å². The average Bonchev–Trinajstić information content (AvgIpc) is 2.57. The fourth-order valence-electron chi connectivity index (χ4n) is 1.78. The van der Waals surface area contributed by atoms with Crippen LogP contribution in [0.2, 0.25) is 5.02 Å². The van der Waals surface area contributed by atoms with E-state index in [1.165, 1.54) is 0 Å². The van der Waals surface area contributed by atoms with Crippen LogP contribution in [-0.4, -0.2) is 26.2 Å². The van der Waals surface area contributed by atoms with E-state index < -0.39 is 0 Å². The van der Waals surface area contributed by atoms with Crippen LogP contribution in [0.4, 0.5) is 5.69 Å². The third-order valence-electron chi connectivity index (χ3n) is 2.52. The van der Waals surface area contributed by atoms with Gasteiger partial charge in [0.15, 0.2) is 0 Å². The Kier molecular flexibility index (Phi) is 3.43. The molecule has 5 heteroatoms. The summed E-state index contributed by atoms with van der Waals surface area (Å²) in [7, 11) is 1.62. The molecule has 0 aromatic heterocycles. The van der Waals surface area contributed by atoms with E-state index in [0.717, 1.165) is 11.3 Å². The number of nitrogens with one attached hydrogen (secondary N) is 2. The maximum Gasteiger partial charge on any atom is 0.246 e. The summed E-state index contributed by atoms with van der Waals surface area (Å²) in [6, 6.07) is 5.07. The van der Waals surface area contributed by atoms with Crippen molar-refractivity contribution in [3.8, 4) is 0 Å². The number of ether oxygens (including phenoxy) is 1. The smallest absolute Gasteiger partial charge is 0.246 e.